The third-order valence-corrected chi connectivity index (χ3v) is 2.09. The van der Waals surface area contributed by atoms with Crippen molar-refractivity contribution >= 4 is 5.84 Å². The normalized spacial score (nSPS) is 19.8. The average Bonchev–Trinajstić information content (AvgIpc) is 2.26. The van der Waals surface area contributed by atoms with Crippen LogP contribution < -0.4 is 5.32 Å². The van der Waals surface area contributed by atoms with Crippen molar-refractivity contribution in [3.05, 3.63) is 24.3 Å². The minimum atomic E-state index is 0.629. The van der Waals surface area contributed by atoms with Crippen LogP contribution in [-0.2, 0) is 0 Å². The second-order valence-electron chi connectivity index (χ2n) is 3.08. The van der Waals surface area contributed by atoms with Crippen molar-refractivity contribution in [3.8, 4) is 0 Å². The topological polar surface area (TPSA) is 47.9 Å². The fourth-order valence-electron chi connectivity index (χ4n) is 1.35. The molecule has 4 nitrogen and oxygen atoms in total. The Morgan fingerprint density at radius 3 is 2.64 bits per heavy atom. The zero-order chi connectivity index (χ0) is 10.2. The Kier molecular flexibility index (Phi) is 4.78. The van der Waals surface area contributed by atoms with E-state index in [4.69, 9.17) is 5.21 Å². The van der Waals surface area contributed by atoms with Gasteiger partial charge in [-0.05, 0) is 13.0 Å². The predicted octanol–water partition coefficient (Wildman–Crippen LogP) is 0.812. The van der Waals surface area contributed by atoms with Gasteiger partial charge in [-0.3, -0.25) is 0 Å². The number of nitrogens with zero attached hydrogens (tertiary/aromatic N) is 2. The molecule has 78 valence electrons. The number of allylic oxidation sites excluding steroid dienone is 3. The largest absolute Gasteiger partial charge is 0.409 e. The summed E-state index contributed by atoms with van der Waals surface area (Å²) in [4.78, 5) is 2.05. The lowest BCUT2D eigenvalue weighted by Crippen LogP contribution is -2.45. The SMILES string of the molecule is C\C=C/C=C\C(=N\O)N1CCNCC1. The van der Waals surface area contributed by atoms with Crippen molar-refractivity contribution in [2.24, 2.45) is 5.16 Å². The van der Waals surface area contributed by atoms with Gasteiger partial charge in [0.2, 0.25) is 0 Å². The molecule has 1 heterocycles. The van der Waals surface area contributed by atoms with Gasteiger partial charge in [-0.1, -0.05) is 23.4 Å². The molecule has 0 aliphatic carbocycles. The van der Waals surface area contributed by atoms with E-state index in [0.717, 1.165) is 26.2 Å². The van der Waals surface area contributed by atoms with E-state index in [1.165, 1.54) is 0 Å². The molecule has 0 bridgehead atoms. The van der Waals surface area contributed by atoms with E-state index in [2.05, 4.69) is 15.4 Å². The van der Waals surface area contributed by atoms with Crippen molar-refractivity contribution < 1.29 is 5.21 Å². The molecule has 14 heavy (non-hydrogen) atoms. The molecule has 2 N–H and O–H groups in total. The Bertz CT molecular complexity index is 240. The van der Waals surface area contributed by atoms with Gasteiger partial charge in [0.25, 0.3) is 0 Å². The molecule has 0 saturated carbocycles. The monoisotopic (exact) mass is 195 g/mol. The predicted molar refractivity (Wildman–Crippen MR) is 57.6 cm³/mol. The summed E-state index contributed by atoms with van der Waals surface area (Å²) in [7, 11) is 0. The van der Waals surface area contributed by atoms with Crippen LogP contribution in [0.15, 0.2) is 29.5 Å². The molecule has 1 aliphatic heterocycles. The standard InChI is InChI=1S/C10H17N3O/c1-2-3-4-5-10(12-14)13-8-6-11-7-9-13/h2-5,11,14H,6-9H2,1H3/b3-2-,5-4-,12-10-. The van der Waals surface area contributed by atoms with E-state index in [1.54, 1.807) is 0 Å². The van der Waals surface area contributed by atoms with Crippen molar-refractivity contribution in [1.29, 1.82) is 0 Å². The Labute approximate surface area is 84.6 Å². The summed E-state index contributed by atoms with van der Waals surface area (Å²) in [6, 6.07) is 0. The third-order valence-electron chi connectivity index (χ3n) is 2.09. The third kappa shape index (κ3) is 3.22. The highest BCUT2D eigenvalue weighted by Gasteiger charge is 2.11. The number of hydrogen-bond donors (Lipinski definition) is 2. The van der Waals surface area contributed by atoms with Crippen LogP contribution in [0, 0.1) is 0 Å². The van der Waals surface area contributed by atoms with E-state index < -0.39 is 0 Å². The van der Waals surface area contributed by atoms with Gasteiger partial charge in [-0.25, -0.2) is 0 Å². The average molecular weight is 195 g/mol. The molecule has 1 saturated heterocycles. The van der Waals surface area contributed by atoms with Crippen LogP contribution in [0.2, 0.25) is 0 Å². The first-order valence-corrected chi connectivity index (χ1v) is 4.85. The molecule has 0 amide bonds. The van der Waals surface area contributed by atoms with Crippen LogP contribution in [-0.4, -0.2) is 42.1 Å². The molecule has 0 aromatic heterocycles. The molecule has 1 rings (SSSR count). The van der Waals surface area contributed by atoms with Crippen molar-refractivity contribution in [1.82, 2.24) is 10.2 Å². The van der Waals surface area contributed by atoms with Gasteiger partial charge in [0.1, 0.15) is 0 Å². The smallest absolute Gasteiger partial charge is 0.168 e. The molecular weight excluding hydrogens is 178 g/mol. The summed E-state index contributed by atoms with van der Waals surface area (Å²) in [6.45, 7) is 5.61. The molecule has 4 heteroatoms. The van der Waals surface area contributed by atoms with Crippen LogP contribution in [0.3, 0.4) is 0 Å². The maximum atomic E-state index is 8.83. The molecule has 1 aliphatic rings. The summed E-state index contributed by atoms with van der Waals surface area (Å²) >= 11 is 0. The Morgan fingerprint density at radius 1 is 1.36 bits per heavy atom. The molecular formula is C10H17N3O. The lowest BCUT2D eigenvalue weighted by atomic mass is 10.3. The Balaban J connectivity index is 2.52. The lowest BCUT2D eigenvalue weighted by Gasteiger charge is -2.28. The molecule has 0 aromatic carbocycles. The highest BCUT2D eigenvalue weighted by atomic mass is 16.4. The second kappa shape index (κ2) is 6.21. The Hall–Kier alpha value is -1.29. The molecule has 0 unspecified atom stereocenters. The van der Waals surface area contributed by atoms with E-state index in [1.807, 2.05) is 31.2 Å². The number of piperazine rings is 1. The van der Waals surface area contributed by atoms with Gasteiger partial charge in [0.15, 0.2) is 5.84 Å². The van der Waals surface area contributed by atoms with Crippen molar-refractivity contribution in [2.75, 3.05) is 26.2 Å². The summed E-state index contributed by atoms with van der Waals surface area (Å²) < 4.78 is 0. The number of nitrogens with one attached hydrogen (secondary N) is 1. The van der Waals surface area contributed by atoms with Crippen molar-refractivity contribution in [2.45, 2.75) is 6.92 Å². The first-order chi connectivity index (χ1) is 6.88. The molecule has 1 fully saturated rings. The fraction of sp³-hybridized carbons (Fsp3) is 0.500. The summed E-state index contributed by atoms with van der Waals surface area (Å²) in [5.41, 5.74) is 0. The number of oxime groups is 1. The van der Waals surface area contributed by atoms with Gasteiger partial charge < -0.3 is 15.4 Å². The molecule has 0 atom stereocenters. The fourth-order valence-corrected chi connectivity index (χ4v) is 1.35. The summed E-state index contributed by atoms with van der Waals surface area (Å²) in [5.74, 6) is 0.629. The van der Waals surface area contributed by atoms with E-state index in [-0.39, 0.29) is 0 Å². The van der Waals surface area contributed by atoms with Crippen LogP contribution in [0.1, 0.15) is 6.92 Å². The van der Waals surface area contributed by atoms with E-state index in [9.17, 15) is 0 Å². The van der Waals surface area contributed by atoms with Gasteiger partial charge in [0, 0.05) is 26.2 Å². The first-order valence-electron chi connectivity index (χ1n) is 4.85. The quantitative estimate of drug-likeness (QED) is 0.225. The van der Waals surface area contributed by atoms with Gasteiger partial charge in [-0.15, -0.1) is 0 Å². The minimum Gasteiger partial charge on any atom is -0.409 e. The number of rotatable bonds is 2. The summed E-state index contributed by atoms with van der Waals surface area (Å²) in [6.07, 6.45) is 7.53. The van der Waals surface area contributed by atoms with Crippen LogP contribution >= 0.6 is 0 Å². The maximum absolute atomic E-state index is 8.83. The molecule has 0 aromatic rings. The van der Waals surface area contributed by atoms with Crippen LogP contribution in [0.5, 0.6) is 0 Å². The highest BCUT2D eigenvalue weighted by molar-refractivity contribution is 5.92. The lowest BCUT2D eigenvalue weighted by molar-refractivity contribution is 0.291. The van der Waals surface area contributed by atoms with Gasteiger partial charge >= 0.3 is 0 Å². The number of hydrogen-bond acceptors (Lipinski definition) is 3. The molecule has 0 radical (unpaired) electrons. The molecule has 0 spiro atoms. The Morgan fingerprint density at radius 2 is 2.07 bits per heavy atom. The van der Waals surface area contributed by atoms with Gasteiger partial charge in [-0.2, -0.15) is 0 Å². The zero-order valence-corrected chi connectivity index (χ0v) is 8.48. The van der Waals surface area contributed by atoms with Crippen LogP contribution in [0.25, 0.3) is 0 Å². The van der Waals surface area contributed by atoms with E-state index in [0.29, 0.717) is 5.84 Å². The van der Waals surface area contributed by atoms with Crippen LogP contribution in [0.4, 0.5) is 0 Å². The zero-order valence-electron chi connectivity index (χ0n) is 8.48. The van der Waals surface area contributed by atoms with Gasteiger partial charge in [0.05, 0.1) is 0 Å². The first kappa shape index (κ1) is 10.8. The summed E-state index contributed by atoms with van der Waals surface area (Å²) in [5, 5.41) is 15.4. The highest BCUT2D eigenvalue weighted by Crippen LogP contribution is 1.96. The number of amidine groups is 1. The maximum Gasteiger partial charge on any atom is 0.168 e. The van der Waals surface area contributed by atoms with E-state index >= 15 is 0 Å². The minimum absolute atomic E-state index is 0.629. The second-order valence-corrected chi connectivity index (χ2v) is 3.08. The van der Waals surface area contributed by atoms with Crippen molar-refractivity contribution in [3.63, 3.8) is 0 Å².